The van der Waals surface area contributed by atoms with Crippen molar-refractivity contribution in [2.75, 3.05) is 5.73 Å². The second-order valence-electron chi connectivity index (χ2n) is 4.28. The third-order valence-corrected chi connectivity index (χ3v) is 3.15. The van der Waals surface area contributed by atoms with Crippen molar-refractivity contribution in [3.63, 3.8) is 0 Å². The topological polar surface area (TPSA) is 52.0 Å². The molecule has 2 nitrogen and oxygen atoms in total. The van der Waals surface area contributed by atoms with Gasteiger partial charge >= 0.3 is 0 Å². The molecule has 14 heavy (non-hydrogen) atoms. The van der Waals surface area contributed by atoms with Gasteiger partial charge in [-0.1, -0.05) is 12.1 Å². The summed E-state index contributed by atoms with van der Waals surface area (Å²) in [6, 6.07) is 8.68. The van der Waals surface area contributed by atoms with Gasteiger partial charge in [0.05, 0.1) is 0 Å². The normalized spacial score (nSPS) is 27.5. The molecular weight excluding hydrogens is 172 g/mol. The zero-order chi connectivity index (χ0) is 9.97. The lowest BCUT2D eigenvalue weighted by Crippen LogP contribution is -2.25. The fraction of sp³-hybridized carbons (Fsp3) is 0.500. The highest BCUT2D eigenvalue weighted by Crippen LogP contribution is 2.32. The van der Waals surface area contributed by atoms with Gasteiger partial charge in [-0.3, -0.25) is 0 Å². The van der Waals surface area contributed by atoms with Gasteiger partial charge < -0.3 is 11.5 Å². The monoisotopic (exact) mass is 190 g/mol. The highest BCUT2D eigenvalue weighted by molar-refractivity contribution is 5.41. The lowest BCUT2D eigenvalue weighted by atomic mass is 9.82. The molecule has 0 aliphatic heterocycles. The quantitative estimate of drug-likeness (QED) is 0.667. The number of benzene rings is 1. The van der Waals surface area contributed by atoms with E-state index in [1.54, 1.807) is 0 Å². The smallest absolute Gasteiger partial charge is 0.0316 e. The van der Waals surface area contributed by atoms with Crippen molar-refractivity contribution in [1.29, 1.82) is 0 Å². The van der Waals surface area contributed by atoms with E-state index in [-0.39, 0.29) is 0 Å². The predicted octanol–water partition coefficient (Wildman–Crippen LogP) is 2.25. The second kappa shape index (κ2) is 4.01. The maximum absolute atomic E-state index is 5.88. The van der Waals surface area contributed by atoms with E-state index in [1.807, 2.05) is 12.1 Å². The minimum Gasteiger partial charge on any atom is -0.399 e. The molecule has 1 aromatic rings. The largest absolute Gasteiger partial charge is 0.399 e. The van der Waals surface area contributed by atoms with E-state index in [0.717, 1.165) is 18.5 Å². The van der Waals surface area contributed by atoms with E-state index >= 15 is 0 Å². The van der Waals surface area contributed by atoms with Crippen LogP contribution in [0, 0.1) is 0 Å². The Labute approximate surface area is 85.3 Å². The van der Waals surface area contributed by atoms with Gasteiger partial charge in [0.15, 0.2) is 0 Å². The summed E-state index contributed by atoms with van der Waals surface area (Å²) >= 11 is 0. The average Bonchev–Trinajstić information content (AvgIpc) is 2.19. The second-order valence-corrected chi connectivity index (χ2v) is 4.28. The molecule has 1 saturated carbocycles. The van der Waals surface area contributed by atoms with Gasteiger partial charge in [0.1, 0.15) is 0 Å². The number of nitrogens with two attached hydrogens (primary N) is 2. The summed E-state index contributed by atoms with van der Waals surface area (Å²) in [6.45, 7) is 0. The zero-order valence-electron chi connectivity index (χ0n) is 8.45. The fourth-order valence-electron chi connectivity index (χ4n) is 2.27. The summed E-state index contributed by atoms with van der Waals surface area (Å²) in [4.78, 5) is 0. The van der Waals surface area contributed by atoms with Gasteiger partial charge in [0.2, 0.25) is 0 Å². The molecule has 0 spiro atoms. The molecule has 0 aromatic heterocycles. The molecule has 0 atom stereocenters. The van der Waals surface area contributed by atoms with Crippen molar-refractivity contribution in [3.05, 3.63) is 29.8 Å². The van der Waals surface area contributed by atoms with Crippen LogP contribution < -0.4 is 11.5 Å². The zero-order valence-corrected chi connectivity index (χ0v) is 8.45. The van der Waals surface area contributed by atoms with E-state index in [0.29, 0.717) is 12.0 Å². The molecule has 2 heteroatoms. The Hall–Kier alpha value is -1.02. The highest BCUT2D eigenvalue weighted by atomic mass is 14.6. The third kappa shape index (κ3) is 2.07. The number of nitrogen functional groups attached to an aromatic ring is 1. The Kier molecular flexibility index (Phi) is 2.73. The van der Waals surface area contributed by atoms with Crippen molar-refractivity contribution < 1.29 is 0 Å². The summed E-state index contributed by atoms with van der Waals surface area (Å²) in [5.41, 5.74) is 13.9. The molecule has 0 bridgehead atoms. The van der Waals surface area contributed by atoms with Gasteiger partial charge in [-0.2, -0.15) is 0 Å². The minimum absolute atomic E-state index is 0.423. The van der Waals surface area contributed by atoms with Crippen LogP contribution >= 0.6 is 0 Å². The molecule has 0 amide bonds. The molecule has 0 unspecified atom stereocenters. The van der Waals surface area contributed by atoms with Crippen LogP contribution in [0.3, 0.4) is 0 Å². The molecule has 1 fully saturated rings. The van der Waals surface area contributed by atoms with Crippen molar-refractivity contribution in [2.24, 2.45) is 5.73 Å². The lowest BCUT2D eigenvalue weighted by molar-refractivity contribution is 0.395. The Bertz CT molecular complexity index is 301. The van der Waals surface area contributed by atoms with Gasteiger partial charge in [0.25, 0.3) is 0 Å². The molecule has 1 aliphatic carbocycles. The number of hydrogen-bond acceptors (Lipinski definition) is 2. The maximum atomic E-state index is 5.88. The first-order chi connectivity index (χ1) is 6.75. The van der Waals surface area contributed by atoms with Crippen molar-refractivity contribution in [1.82, 2.24) is 0 Å². The molecule has 76 valence electrons. The summed E-state index contributed by atoms with van der Waals surface area (Å²) in [5, 5.41) is 0. The van der Waals surface area contributed by atoms with E-state index in [2.05, 4.69) is 12.1 Å². The van der Waals surface area contributed by atoms with Crippen LogP contribution in [0.5, 0.6) is 0 Å². The molecule has 1 aliphatic rings. The number of hydrogen-bond donors (Lipinski definition) is 2. The summed E-state index contributed by atoms with van der Waals surface area (Å²) in [5.74, 6) is 0.679. The van der Waals surface area contributed by atoms with Crippen LogP contribution in [0.1, 0.15) is 37.2 Å². The van der Waals surface area contributed by atoms with E-state index in [9.17, 15) is 0 Å². The van der Waals surface area contributed by atoms with Gasteiger partial charge in [0, 0.05) is 11.7 Å². The van der Waals surface area contributed by atoms with Crippen molar-refractivity contribution in [2.45, 2.75) is 37.6 Å². The van der Waals surface area contributed by atoms with Crippen LogP contribution in [0.2, 0.25) is 0 Å². The first-order valence-corrected chi connectivity index (χ1v) is 5.37. The van der Waals surface area contributed by atoms with Gasteiger partial charge in [-0.25, -0.2) is 0 Å². The van der Waals surface area contributed by atoms with E-state index in [4.69, 9.17) is 11.5 Å². The summed E-state index contributed by atoms with van der Waals surface area (Å²) < 4.78 is 0. The Morgan fingerprint density at radius 2 is 1.79 bits per heavy atom. The van der Waals surface area contributed by atoms with Gasteiger partial charge in [-0.05, 0) is 49.3 Å². The SMILES string of the molecule is Nc1cccc(C2CCC(N)CC2)c1. The van der Waals surface area contributed by atoms with Gasteiger partial charge in [-0.15, -0.1) is 0 Å². The van der Waals surface area contributed by atoms with E-state index < -0.39 is 0 Å². The Balaban J connectivity index is 2.08. The van der Waals surface area contributed by atoms with Crippen molar-refractivity contribution in [3.8, 4) is 0 Å². The molecule has 2 rings (SSSR count). The Morgan fingerprint density at radius 3 is 2.43 bits per heavy atom. The average molecular weight is 190 g/mol. The summed E-state index contributed by atoms with van der Waals surface area (Å²) in [6.07, 6.45) is 4.73. The lowest BCUT2D eigenvalue weighted by Gasteiger charge is -2.26. The molecule has 0 radical (unpaired) electrons. The first-order valence-electron chi connectivity index (χ1n) is 5.37. The van der Waals surface area contributed by atoms with E-state index in [1.165, 1.54) is 18.4 Å². The molecule has 0 saturated heterocycles. The molecule has 4 N–H and O–H groups in total. The minimum atomic E-state index is 0.423. The fourth-order valence-corrected chi connectivity index (χ4v) is 2.27. The maximum Gasteiger partial charge on any atom is 0.0316 e. The van der Waals surface area contributed by atoms with Crippen LogP contribution in [-0.2, 0) is 0 Å². The molecular formula is C12H18N2. The van der Waals surface area contributed by atoms with Crippen molar-refractivity contribution >= 4 is 5.69 Å². The van der Waals surface area contributed by atoms with Crippen LogP contribution in [0.4, 0.5) is 5.69 Å². The number of rotatable bonds is 1. The van der Waals surface area contributed by atoms with Crippen LogP contribution in [-0.4, -0.2) is 6.04 Å². The highest BCUT2D eigenvalue weighted by Gasteiger charge is 2.19. The standard InChI is InChI=1S/C12H18N2/c13-11-6-4-9(5-7-11)10-2-1-3-12(14)8-10/h1-3,8-9,11H,4-7,13-14H2. The first kappa shape index (κ1) is 9.53. The molecule has 1 aromatic carbocycles. The predicted molar refractivity (Wildman–Crippen MR) is 60.0 cm³/mol. The third-order valence-electron chi connectivity index (χ3n) is 3.15. The van der Waals surface area contributed by atoms with Crippen LogP contribution in [0.15, 0.2) is 24.3 Å². The Morgan fingerprint density at radius 1 is 1.07 bits per heavy atom. The summed E-state index contributed by atoms with van der Waals surface area (Å²) in [7, 11) is 0. The molecule has 0 heterocycles. The number of anilines is 1. The van der Waals surface area contributed by atoms with Crippen LogP contribution in [0.25, 0.3) is 0 Å².